The zero-order chi connectivity index (χ0) is 17.5. The molecule has 5 heteroatoms. The standard InChI is InChI=1S/C20H17N3OS/c24-14-15-10-12-17(13-11-15)21-18-8-4-5-9-19(18)23-20(25)22-16-6-2-1-3-7-16/h1-14,21H,(H2,22,23,25). The van der Waals surface area contributed by atoms with Gasteiger partial charge in [-0.05, 0) is 60.7 Å². The Hall–Kier alpha value is -3.18. The van der Waals surface area contributed by atoms with Crippen molar-refractivity contribution in [3.63, 3.8) is 0 Å². The topological polar surface area (TPSA) is 53.2 Å². The summed E-state index contributed by atoms with van der Waals surface area (Å²) >= 11 is 5.39. The second-order valence-electron chi connectivity index (χ2n) is 5.36. The zero-order valence-corrected chi connectivity index (χ0v) is 14.2. The highest BCUT2D eigenvalue weighted by atomic mass is 32.1. The summed E-state index contributed by atoms with van der Waals surface area (Å²) in [6.07, 6.45) is 0.826. The molecule has 0 saturated carbocycles. The Morgan fingerprint density at radius 1 is 0.720 bits per heavy atom. The van der Waals surface area contributed by atoms with Crippen LogP contribution < -0.4 is 16.0 Å². The Kier molecular flexibility index (Phi) is 5.39. The number of hydrogen-bond acceptors (Lipinski definition) is 3. The molecule has 0 fully saturated rings. The van der Waals surface area contributed by atoms with Crippen LogP contribution in [0.25, 0.3) is 0 Å². The lowest BCUT2D eigenvalue weighted by molar-refractivity contribution is 0.112. The van der Waals surface area contributed by atoms with Crippen molar-refractivity contribution in [1.29, 1.82) is 0 Å². The van der Waals surface area contributed by atoms with Gasteiger partial charge in [0.15, 0.2) is 5.11 Å². The fourth-order valence-corrected chi connectivity index (χ4v) is 2.54. The summed E-state index contributed by atoms with van der Waals surface area (Å²) in [5.74, 6) is 0. The third-order valence-corrected chi connectivity index (χ3v) is 3.74. The predicted molar refractivity (Wildman–Crippen MR) is 108 cm³/mol. The molecular formula is C20H17N3OS. The van der Waals surface area contributed by atoms with Gasteiger partial charge in [-0.2, -0.15) is 0 Å². The minimum absolute atomic E-state index is 0.511. The van der Waals surface area contributed by atoms with Crippen molar-refractivity contribution in [2.75, 3.05) is 16.0 Å². The van der Waals surface area contributed by atoms with Gasteiger partial charge in [0.2, 0.25) is 0 Å². The van der Waals surface area contributed by atoms with Crippen molar-refractivity contribution in [3.05, 3.63) is 84.4 Å². The summed E-state index contributed by atoms with van der Waals surface area (Å²) in [6.45, 7) is 0. The molecule has 3 rings (SSSR count). The smallest absolute Gasteiger partial charge is 0.175 e. The molecule has 0 spiro atoms. The van der Waals surface area contributed by atoms with Crippen LogP contribution in [-0.2, 0) is 0 Å². The largest absolute Gasteiger partial charge is 0.354 e. The highest BCUT2D eigenvalue weighted by Crippen LogP contribution is 2.25. The Bertz CT molecular complexity index is 864. The number of thiocarbonyl (C=S) groups is 1. The van der Waals surface area contributed by atoms with E-state index in [0.29, 0.717) is 10.7 Å². The van der Waals surface area contributed by atoms with Gasteiger partial charge >= 0.3 is 0 Å². The van der Waals surface area contributed by atoms with Crippen LogP contribution in [-0.4, -0.2) is 11.4 Å². The number of rotatable bonds is 5. The van der Waals surface area contributed by atoms with Crippen LogP contribution in [0.2, 0.25) is 0 Å². The van der Waals surface area contributed by atoms with Crippen LogP contribution in [0.15, 0.2) is 78.9 Å². The number of carbonyl (C=O) groups is 1. The quantitative estimate of drug-likeness (QED) is 0.445. The third kappa shape index (κ3) is 4.65. The fraction of sp³-hybridized carbons (Fsp3) is 0. The van der Waals surface area contributed by atoms with Gasteiger partial charge in [-0.25, -0.2) is 0 Å². The first-order valence-electron chi connectivity index (χ1n) is 7.79. The van der Waals surface area contributed by atoms with Gasteiger partial charge < -0.3 is 16.0 Å². The average molecular weight is 347 g/mol. The highest BCUT2D eigenvalue weighted by molar-refractivity contribution is 7.80. The normalized spacial score (nSPS) is 9.92. The molecule has 0 aliphatic heterocycles. The molecule has 0 radical (unpaired) electrons. The van der Waals surface area contributed by atoms with Gasteiger partial charge in [-0.15, -0.1) is 0 Å². The lowest BCUT2D eigenvalue weighted by Crippen LogP contribution is -2.19. The van der Waals surface area contributed by atoms with Crippen molar-refractivity contribution in [1.82, 2.24) is 0 Å². The SMILES string of the molecule is O=Cc1ccc(Nc2ccccc2NC(=S)Nc2ccccc2)cc1. The molecule has 3 aromatic rings. The predicted octanol–water partition coefficient (Wildman–Crippen LogP) is 5.05. The van der Waals surface area contributed by atoms with E-state index >= 15 is 0 Å². The molecule has 0 aromatic heterocycles. The molecule has 3 N–H and O–H groups in total. The number of carbonyl (C=O) groups excluding carboxylic acids is 1. The molecule has 4 nitrogen and oxygen atoms in total. The van der Waals surface area contributed by atoms with E-state index in [1.807, 2.05) is 66.7 Å². The first-order valence-corrected chi connectivity index (χ1v) is 8.20. The Labute approximate surface area is 151 Å². The van der Waals surface area contributed by atoms with Crippen LogP contribution in [0.4, 0.5) is 22.7 Å². The minimum Gasteiger partial charge on any atom is -0.354 e. The number of anilines is 4. The second kappa shape index (κ2) is 8.08. The summed E-state index contributed by atoms with van der Waals surface area (Å²) < 4.78 is 0. The van der Waals surface area contributed by atoms with Crippen LogP contribution >= 0.6 is 12.2 Å². The molecular weight excluding hydrogens is 330 g/mol. The van der Waals surface area contributed by atoms with E-state index < -0.39 is 0 Å². The Balaban J connectivity index is 1.71. The summed E-state index contributed by atoms with van der Waals surface area (Å²) in [4.78, 5) is 10.7. The molecule has 0 amide bonds. The maximum absolute atomic E-state index is 10.7. The van der Waals surface area contributed by atoms with Crippen LogP contribution in [0.1, 0.15) is 10.4 Å². The number of hydrogen-bond donors (Lipinski definition) is 3. The van der Waals surface area contributed by atoms with Gasteiger partial charge in [-0.3, -0.25) is 4.79 Å². The first kappa shape index (κ1) is 16.7. The third-order valence-electron chi connectivity index (χ3n) is 3.53. The van der Waals surface area contributed by atoms with E-state index in [9.17, 15) is 4.79 Å². The summed E-state index contributed by atoms with van der Waals surface area (Å²) in [5.41, 5.74) is 4.20. The van der Waals surface area contributed by atoms with Crippen molar-refractivity contribution < 1.29 is 4.79 Å². The van der Waals surface area contributed by atoms with Gasteiger partial charge in [-0.1, -0.05) is 30.3 Å². The molecule has 0 heterocycles. The van der Waals surface area contributed by atoms with Crippen molar-refractivity contribution in [2.24, 2.45) is 0 Å². The lowest BCUT2D eigenvalue weighted by atomic mass is 10.2. The average Bonchev–Trinajstić information content (AvgIpc) is 2.65. The molecule has 0 unspecified atom stereocenters. The lowest BCUT2D eigenvalue weighted by Gasteiger charge is -2.15. The van der Waals surface area contributed by atoms with Gasteiger partial charge in [0, 0.05) is 16.9 Å². The fourth-order valence-electron chi connectivity index (χ4n) is 2.31. The van der Waals surface area contributed by atoms with E-state index in [1.54, 1.807) is 12.1 Å². The molecule has 25 heavy (non-hydrogen) atoms. The second-order valence-corrected chi connectivity index (χ2v) is 5.76. The Morgan fingerprint density at radius 3 is 2.04 bits per heavy atom. The maximum atomic E-state index is 10.7. The summed E-state index contributed by atoms with van der Waals surface area (Å²) in [6, 6.07) is 24.8. The molecule has 0 bridgehead atoms. The Morgan fingerprint density at radius 2 is 1.36 bits per heavy atom. The molecule has 0 aliphatic rings. The maximum Gasteiger partial charge on any atom is 0.175 e. The van der Waals surface area contributed by atoms with Crippen LogP contribution in [0.3, 0.4) is 0 Å². The van der Waals surface area contributed by atoms with Gasteiger partial charge in [0.25, 0.3) is 0 Å². The van der Waals surface area contributed by atoms with Crippen LogP contribution in [0.5, 0.6) is 0 Å². The molecule has 0 saturated heterocycles. The summed E-state index contributed by atoms with van der Waals surface area (Å²) in [7, 11) is 0. The van der Waals surface area contributed by atoms with Crippen LogP contribution in [0, 0.1) is 0 Å². The van der Waals surface area contributed by atoms with Crippen molar-refractivity contribution in [3.8, 4) is 0 Å². The summed E-state index contributed by atoms with van der Waals surface area (Å²) in [5, 5.41) is 10.2. The zero-order valence-electron chi connectivity index (χ0n) is 13.4. The number of para-hydroxylation sites is 3. The molecule has 124 valence electrons. The van der Waals surface area contributed by atoms with E-state index in [4.69, 9.17) is 12.2 Å². The van der Waals surface area contributed by atoms with E-state index in [-0.39, 0.29) is 0 Å². The number of nitrogens with one attached hydrogen (secondary N) is 3. The molecule has 0 atom stereocenters. The molecule has 0 aliphatic carbocycles. The van der Waals surface area contributed by atoms with Crippen molar-refractivity contribution in [2.45, 2.75) is 0 Å². The van der Waals surface area contributed by atoms with E-state index in [1.165, 1.54) is 0 Å². The van der Waals surface area contributed by atoms with Crippen molar-refractivity contribution >= 4 is 46.4 Å². The van der Waals surface area contributed by atoms with E-state index in [2.05, 4.69) is 16.0 Å². The van der Waals surface area contributed by atoms with Gasteiger partial charge in [0.05, 0.1) is 11.4 Å². The number of aldehydes is 1. The monoisotopic (exact) mass is 347 g/mol. The highest BCUT2D eigenvalue weighted by Gasteiger charge is 2.05. The van der Waals surface area contributed by atoms with Gasteiger partial charge in [0.1, 0.15) is 6.29 Å². The first-order chi connectivity index (χ1) is 12.2. The van der Waals surface area contributed by atoms with E-state index in [0.717, 1.165) is 29.0 Å². The molecule has 3 aromatic carbocycles. The minimum atomic E-state index is 0.511. The number of benzene rings is 3.